The number of ether oxygens (including phenoxy) is 13. The highest BCUT2D eigenvalue weighted by atomic mass is 31.2. The maximum atomic E-state index is 15.1. The highest BCUT2D eigenvalue weighted by Crippen LogP contribution is 2.58. The Labute approximate surface area is 438 Å². The van der Waals surface area contributed by atoms with E-state index in [1.54, 1.807) is 0 Å². The molecule has 0 amide bonds. The number of benzene rings is 3. The summed E-state index contributed by atoms with van der Waals surface area (Å²) in [6, 6.07) is 11.0. The van der Waals surface area contributed by atoms with Crippen molar-refractivity contribution in [2.45, 2.75) is 47.1 Å². The summed E-state index contributed by atoms with van der Waals surface area (Å²) in [4.78, 5) is 138. The van der Waals surface area contributed by atoms with Crippen molar-refractivity contribution in [3.05, 3.63) is 70.8 Å². The molecule has 3 aromatic rings. The van der Waals surface area contributed by atoms with E-state index in [9.17, 15) is 52.7 Å². The lowest BCUT2D eigenvalue weighted by molar-refractivity contribution is -0.170. The van der Waals surface area contributed by atoms with Gasteiger partial charge in [-0.15, -0.1) is 0 Å². The van der Waals surface area contributed by atoms with Gasteiger partial charge in [-0.05, 0) is 55.2 Å². The van der Waals surface area contributed by atoms with Crippen molar-refractivity contribution in [3.63, 3.8) is 0 Å². The summed E-state index contributed by atoms with van der Waals surface area (Å²) in [5, 5.41) is 0.169. The molecular weight excluding hydrogens is 1050 g/mol. The molecule has 28 heteroatoms. The Morgan fingerprint density at radius 3 is 1.36 bits per heavy atom. The largest absolute Gasteiger partial charge is 0.489 e. The third-order valence-corrected chi connectivity index (χ3v) is 13.3. The molecule has 0 saturated carbocycles. The molecule has 0 fully saturated rings. The van der Waals surface area contributed by atoms with Crippen LogP contribution in [0.25, 0.3) is 0 Å². The molecule has 0 radical (unpaired) electrons. The Bertz CT molecular complexity index is 2720. The van der Waals surface area contributed by atoms with E-state index in [0.29, 0.717) is 0 Å². The second-order valence-electron chi connectivity index (χ2n) is 16.5. The Morgan fingerprint density at radius 1 is 0.519 bits per heavy atom. The summed E-state index contributed by atoms with van der Waals surface area (Å²) in [7, 11) is -3.77. The summed E-state index contributed by atoms with van der Waals surface area (Å²) in [5.41, 5.74) is -1.91. The molecule has 77 heavy (non-hydrogen) atoms. The SMILES string of the molecule is CC(=O)OCOC(=O)CN(CCOCCOc1cc2c(cc1N(CC(=O)OCOC(C)=O)CC(=O)OCOC(C)=O)C(=O)OC21c2ccc(OC(C)=O)cc2P(C)(=O)c2cc(OC(C)=O)ccc21)CC(=O)OCOC(C)=O. The van der Waals surface area contributed by atoms with Crippen molar-refractivity contribution in [2.75, 3.05) is 91.3 Å². The summed E-state index contributed by atoms with van der Waals surface area (Å²) >= 11 is 0. The lowest BCUT2D eigenvalue weighted by Crippen LogP contribution is -2.44. The van der Waals surface area contributed by atoms with Crippen LogP contribution in [0.4, 0.5) is 5.69 Å². The fraction of sp³-hybridized carbons (Fsp3) is 0.408. The second kappa shape index (κ2) is 26.9. The molecule has 1 spiro atoms. The van der Waals surface area contributed by atoms with Crippen LogP contribution in [0.3, 0.4) is 0 Å². The van der Waals surface area contributed by atoms with Crippen molar-refractivity contribution < 1.29 is 119 Å². The fourth-order valence-corrected chi connectivity index (χ4v) is 10.0. The third-order valence-electron chi connectivity index (χ3n) is 10.7. The summed E-state index contributed by atoms with van der Waals surface area (Å²) in [5.74, 6) is -9.48. The normalized spacial score (nSPS) is 15.5. The van der Waals surface area contributed by atoms with Crippen LogP contribution in [-0.2, 0) is 105 Å². The number of carbonyl (C=O) groups excluding carboxylic acids is 11. The quantitative estimate of drug-likeness (QED) is 0.0270. The minimum Gasteiger partial charge on any atom is -0.489 e. The molecule has 2 aliphatic heterocycles. The van der Waals surface area contributed by atoms with Crippen LogP contribution in [0.15, 0.2) is 48.5 Å². The fourth-order valence-electron chi connectivity index (χ4n) is 7.62. The Hall–Kier alpha value is -8.42. The molecule has 0 aromatic heterocycles. The number of fused-ring (bicyclic) bond motifs is 6. The number of carbonyl (C=O) groups is 11. The van der Waals surface area contributed by atoms with Gasteiger partial charge < -0.3 is 71.0 Å². The van der Waals surface area contributed by atoms with Gasteiger partial charge in [-0.1, -0.05) is 0 Å². The highest BCUT2D eigenvalue weighted by Gasteiger charge is 2.56. The van der Waals surface area contributed by atoms with Gasteiger partial charge in [-0.25, -0.2) is 4.79 Å². The zero-order valence-corrected chi connectivity index (χ0v) is 43.5. The number of nitrogens with zero attached hydrogens (tertiary/aromatic N) is 2. The molecule has 0 saturated heterocycles. The maximum absolute atomic E-state index is 15.1. The topological polar surface area (TPSA) is 331 Å². The lowest BCUT2D eigenvalue weighted by Gasteiger charge is -2.40. The van der Waals surface area contributed by atoms with Crippen molar-refractivity contribution >= 4 is 89.1 Å². The van der Waals surface area contributed by atoms with E-state index < -0.39 is 132 Å². The molecule has 2 heterocycles. The van der Waals surface area contributed by atoms with Gasteiger partial charge in [0.1, 0.15) is 44.1 Å². The first-order valence-electron chi connectivity index (χ1n) is 22.9. The van der Waals surface area contributed by atoms with Crippen LogP contribution in [0, 0.1) is 0 Å². The van der Waals surface area contributed by atoms with Crippen molar-refractivity contribution in [1.82, 2.24) is 4.90 Å². The van der Waals surface area contributed by atoms with Gasteiger partial charge in [0.05, 0.1) is 37.6 Å². The first-order chi connectivity index (χ1) is 36.4. The van der Waals surface area contributed by atoms with Gasteiger partial charge in [0, 0.05) is 75.4 Å². The molecule has 5 rings (SSSR count). The van der Waals surface area contributed by atoms with Crippen LogP contribution in [0.5, 0.6) is 17.2 Å². The average Bonchev–Trinajstić information content (AvgIpc) is 3.93. The van der Waals surface area contributed by atoms with Crippen LogP contribution in [-0.4, -0.2) is 157 Å². The molecule has 0 unspecified atom stereocenters. The maximum Gasteiger partial charge on any atom is 0.340 e. The number of esters is 11. The van der Waals surface area contributed by atoms with Gasteiger partial charge in [0.15, 0.2) is 5.60 Å². The van der Waals surface area contributed by atoms with Gasteiger partial charge in [0.2, 0.25) is 27.2 Å². The number of rotatable bonds is 26. The second-order valence-corrected chi connectivity index (χ2v) is 19.3. The lowest BCUT2D eigenvalue weighted by atomic mass is 9.79. The number of hydrogen-bond acceptors (Lipinski definition) is 27. The zero-order valence-electron chi connectivity index (χ0n) is 42.7. The highest BCUT2D eigenvalue weighted by molar-refractivity contribution is 7.78. The Balaban J connectivity index is 1.58. The first-order valence-corrected chi connectivity index (χ1v) is 25.1. The molecule has 0 aliphatic carbocycles. The third kappa shape index (κ3) is 16.3. The number of hydrogen-bond donors (Lipinski definition) is 0. The van der Waals surface area contributed by atoms with E-state index in [1.165, 1.54) is 60.1 Å². The molecule has 414 valence electrons. The van der Waals surface area contributed by atoms with E-state index >= 15 is 4.57 Å². The molecule has 0 atom stereocenters. The van der Waals surface area contributed by atoms with Gasteiger partial charge in [-0.3, -0.25) is 52.8 Å². The molecule has 0 bridgehead atoms. The van der Waals surface area contributed by atoms with Crippen LogP contribution in [0.1, 0.15) is 68.6 Å². The van der Waals surface area contributed by atoms with E-state index in [4.69, 9.17) is 52.1 Å². The predicted molar refractivity (Wildman–Crippen MR) is 256 cm³/mol. The smallest absolute Gasteiger partial charge is 0.340 e. The van der Waals surface area contributed by atoms with E-state index in [1.807, 2.05) is 0 Å². The van der Waals surface area contributed by atoms with Crippen LogP contribution >= 0.6 is 7.14 Å². The molecular formula is C49H53N2O25P. The van der Waals surface area contributed by atoms with Crippen molar-refractivity contribution in [3.8, 4) is 17.2 Å². The van der Waals surface area contributed by atoms with Crippen molar-refractivity contribution in [1.29, 1.82) is 0 Å². The molecule has 0 N–H and O–H groups in total. The van der Waals surface area contributed by atoms with Gasteiger partial charge >= 0.3 is 65.7 Å². The first kappa shape index (κ1) is 59.5. The minimum atomic E-state index is -3.77. The number of anilines is 1. The minimum absolute atomic E-state index is 0.00434. The monoisotopic (exact) mass is 1100 g/mol. The molecule has 27 nitrogen and oxygen atoms in total. The molecule has 3 aromatic carbocycles. The average molecular weight is 1100 g/mol. The van der Waals surface area contributed by atoms with Crippen molar-refractivity contribution in [2.24, 2.45) is 0 Å². The summed E-state index contributed by atoms with van der Waals surface area (Å²) in [6.07, 6.45) is 0. The van der Waals surface area contributed by atoms with E-state index in [-0.39, 0.29) is 82.2 Å². The predicted octanol–water partition coefficient (Wildman–Crippen LogP) is 1.02. The van der Waals surface area contributed by atoms with Crippen LogP contribution < -0.4 is 29.7 Å². The van der Waals surface area contributed by atoms with E-state index in [2.05, 4.69) is 9.47 Å². The Kier molecular flexibility index (Phi) is 20.8. The zero-order chi connectivity index (χ0) is 56.6. The van der Waals surface area contributed by atoms with E-state index in [0.717, 1.165) is 46.4 Å². The summed E-state index contributed by atoms with van der Waals surface area (Å²) < 4.78 is 83.0. The van der Waals surface area contributed by atoms with Crippen LogP contribution in [0.2, 0.25) is 0 Å². The summed E-state index contributed by atoms with van der Waals surface area (Å²) in [6.45, 7) is 1.46. The standard InChI is InChI=1S/C49H53N2O25P/c1-28(52)66-24-70-44(58)20-50(21-45(59)71-25-67-29(2)53)12-13-64-14-15-65-41-19-39-36(18-40(41)51(22-46(60)72-26-68-30(3)54)23-47(61)73-27-69-31(4)55)48(62)76-49(39)37-10-8-34(74-32(5)56)16-42(37)77(7,63)43-17-35(75-33(6)57)9-11-38(43)49/h8-11,16-19H,12-15,20-27H2,1-7H3. The van der Waals surface area contributed by atoms with Gasteiger partial charge in [-0.2, -0.15) is 0 Å². The molecule has 2 aliphatic rings. The Morgan fingerprint density at radius 2 is 0.948 bits per heavy atom. The van der Waals surface area contributed by atoms with Gasteiger partial charge in [0.25, 0.3) is 0 Å².